The SMILES string of the molecule is CCCCn1ccc(-c2cc(Cl)ccc2OC(C(=O)OCC)c2ccc(Cl)cc2)n1. The summed E-state index contributed by atoms with van der Waals surface area (Å²) >= 11 is 12.2. The number of hydrogen-bond acceptors (Lipinski definition) is 4. The lowest BCUT2D eigenvalue weighted by atomic mass is 10.1. The molecule has 7 heteroatoms. The van der Waals surface area contributed by atoms with E-state index >= 15 is 0 Å². The molecule has 0 aliphatic rings. The van der Waals surface area contributed by atoms with Gasteiger partial charge < -0.3 is 9.47 Å². The van der Waals surface area contributed by atoms with Crippen molar-refractivity contribution in [3.05, 3.63) is 70.3 Å². The highest BCUT2D eigenvalue weighted by Gasteiger charge is 2.26. The van der Waals surface area contributed by atoms with Crippen LogP contribution in [0.15, 0.2) is 54.7 Å². The Hall–Kier alpha value is -2.50. The number of hydrogen-bond donors (Lipinski definition) is 0. The van der Waals surface area contributed by atoms with E-state index in [-0.39, 0.29) is 6.61 Å². The summed E-state index contributed by atoms with van der Waals surface area (Å²) in [5.41, 5.74) is 2.08. The van der Waals surface area contributed by atoms with E-state index in [1.807, 2.05) is 16.9 Å². The summed E-state index contributed by atoms with van der Waals surface area (Å²) < 4.78 is 13.3. The van der Waals surface area contributed by atoms with E-state index in [0.29, 0.717) is 26.9 Å². The van der Waals surface area contributed by atoms with Crippen molar-refractivity contribution in [2.45, 2.75) is 39.3 Å². The van der Waals surface area contributed by atoms with Gasteiger partial charge in [-0.2, -0.15) is 5.10 Å². The molecule has 5 nitrogen and oxygen atoms in total. The zero-order valence-corrected chi connectivity index (χ0v) is 18.5. The zero-order chi connectivity index (χ0) is 21.5. The van der Waals surface area contributed by atoms with Crippen molar-refractivity contribution in [3.8, 4) is 17.0 Å². The first-order valence-electron chi connectivity index (χ1n) is 9.94. The second kappa shape index (κ2) is 10.5. The Morgan fingerprint density at radius 1 is 1.07 bits per heavy atom. The van der Waals surface area contributed by atoms with Gasteiger partial charge in [0.05, 0.1) is 12.3 Å². The van der Waals surface area contributed by atoms with E-state index in [1.165, 1.54) is 0 Å². The molecule has 0 radical (unpaired) electrons. The van der Waals surface area contributed by atoms with Gasteiger partial charge in [0.25, 0.3) is 0 Å². The smallest absolute Gasteiger partial charge is 0.352 e. The first-order chi connectivity index (χ1) is 14.5. The fourth-order valence-corrected chi connectivity index (χ4v) is 3.29. The Kier molecular flexibility index (Phi) is 7.77. The maximum Gasteiger partial charge on any atom is 0.352 e. The molecule has 2 aromatic carbocycles. The number of aryl methyl sites for hydroxylation is 1. The van der Waals surface area contributed by atoms with Crippen molar-refractivity contribution in [1.82, 2.24) is 9.78 Å². The molecule has 0 saturated carbocycles. The van der Waals surface area contributed by atoms with Crippen molar-refractivity contribution >= 4 is 29.2 Å². The highest BCUT2D eigenvalue weighted by atomic mass is 35.5. The maximum atomic E-state index is 12.6. The van der Waals surface area contributed by atoms with Crippen LogP contribution < -0.4 is 4.74 Å². The minimum Gasteiger partial charge on any atom is -0.473 e. The number of benzene rings is 2. The lowest BCUT2D eigenvalue weighted by Crippen LogP contribution is -2.21. The first kappa shape index (κ1) is 22.2. The second-order valence-corrected chi connectivity index (χ2v) is 7.63. The molecule has 158 valence electrons. The normalized spacial score (nSPS) is 11.9. The predicted molar refractivity (Wildman–Crippen MR) is 119 cm³/mol. The van der Waals surface area contributed by atoms with Gasteiger partial charge in [0.2, 0.25) is 6.10 Å². The van der Waals surface area contributed by atoms with Gasteiger partial charge in [0.1, 0.15) is 5.75 Å². The Morgan fingerprint density at radius 2 is 1.80 bits per heavy atom. The lowest BCUT2D eigenvalue weighted by Gasteiger charge is -2.20. The maximum absolute atomic E-state index is 12.6. The summed E-state index contributed by atoms with van der Waals surface area (Å²) in [7, 11) is 0. The number of unbranched alkanes of at least 4 members (excludes halogenated alkanes) is 1. The first-order valence-corrected chi connectivity index (χ1v) is 10.7. The third-order valence-electron chi connectivity index (χ3n) is 4.52. The van der Waals surface area contributed by atoms with Gasteiger partial charge in [-0.1, -0.05) is 48.7 Å². The molecule has 1 unspecified atom stereocenters. The second-order valence-electron chi connectivity index (χ2n) is 6.76. The number of ether oxygens (including phenoxy) is 2. The monoisotopic (exact) mass is 446 g/mol. The standard InChI is InChI=1S/C23H24Cl2N2O3/c1-3-5-13-27-14-12-20(26-27)19-15-18(25)10-11-21(19)30-22(23(28)29-4-2)16-6-8-17(24)9-7-16/h6-12,14-15,22H,3-5,13H2,1-2H3. The van der Waals surface area contributed by atoms with Gasteiger partial charge in [-0.15, -0.1) is 0 Å². The molecule has 1 aromatic heterocycles. The summed E-state index contributed by atoms with van der Waals surface area (Å²) in [6, 6.07) is 14.1. The van der Waals surface area contributed by atoms with Crippen LogP contribution in [0.5, 0.6) is 5.75 Å². The van der Waals surface area contributed by atoms with E-state index in [1.54, 1.807) is 49.4 Å². The molecular formula is C23H24Cl2N2O3. The Bertz CT molecular complexity index is 986. The van der Waals surface area contributed by atoms with E-state index in [0.717, 1.165) is 25.1 Å². The molecule has 0 N–H and O–H groups in total. The summed E-state index contributed by atoms with van der Waals surface area (Å²) in [6.45, 7) is 4.98. The summed E-state index contributed by atoms with van der Waals surface area (Å²) in [5.74, 6) is 0.0161. The zero-order valence-electron chi connectivity index (χ0n) is 17.0. The molecule has 0 fully saturated rings. The fourth-order valence-electron chi connectivity index (χ4n) is 2.99. The molecule has 0 amide bonds. The lowest BCUT2D eigenvalue weighted by molar-refractivity contribution is -0.151. The highest BCUT2D eigenvalue weighted by Crippen LogP contribution is 2.35. The molecule has 3 aromatic rings. The van der Waals surface area contributed by atoms with Crippen LogP contribution in [0.4, 0.5) is 0 Å². The third-order valence-corrected chi connectivity index (χ3v) is 5.00. The van der Waals surface area contributed by atoms with Crippen LogP contribution in [0.2, 0.25) is 10.0 Å². The topological polar surface area (TPSA) is 53.4 Å². The number of carbonyl (C=O) groups is 1. The number of aromatic nitrogens is 2. The van der Waals surface area contributed by atoms with Crippen LogP contribution in [-0.2, 0) is 16.1 Å². The Labute approximate surface area is 186 Å². The molecule has 0 bridgehead atoms. The van der Waals surface area contributed by atoms with Gasteiger partial charge >= 0.3 is 5.97 Å². The van der Waals surface area contributed by atoms with Crippen molar-refractivity contribution in [2.24, 2.45) is 0 Å². The molecule has 1 heterocycles. The van der Waals surface area contributed by atoms with E-state index < -0.39 is 12.1 Å². The van der Waals surface area contributed by atoms with Crippen molar-refractivity contribution in [2.75, 3.05) is 6.61 Å². The van der Waals surface area contributed by atoms with Crippen LogP contribution in [-0.4, -0.2) is 22.4 Å². The third kappa shape index (κ3) is 5.55. The molecule has 0 spiro atoms. The van der Waals surface area contributed by atoms with Gasteiger partial charge in [0.15, 0.2) is 0 Å². The summed E-state index contributed by atoms with van der Waals surface area (Å²) in [6.07, 6.45) is 3.12. The number of esters is 1. The molecule has 3 rings (SSSR count). The van der Waals surface area contributed by atoms with Crippen LogP contribution in [0.25, 0.3) is 11.3 Å². The van der Waals surface area contributed by atoms with Crippen molar-refractivity contribution < 1.29 is 14.3 Å². The molecule has 0 saturated heterocycles. The number of rotatable bonds is 9. The van der Waals surface area contributed by atoms with Crippen molar-refractivity contribution in [3.63, 3.8) is 0 Å². The van der Waals surface area contributed by atoms with Gasteiger partial charge in [-0.3, -0.25) is 4.68 Å². The molecule has 0 aliphatic carbocycles. The van der Waals surface area contributed by atoms with E-state index in [4.69, 9.17) is 32.7 Å². The summed E-state index contributed by atoms with van der Waals surface area (Å²) in [5, 5.41) is 5.77. The Morgan fingerprint density at radius 3 is 2.50 bits per heavy atom. The number of halogens is 2. The van der Waals surface area contributed by atoms with E-state index in [9.17, 15) is 4.79 Å². The Balaban J connectivity index is 1.95. The average molecular weight is 447 g/mol. The summed E-state index contributed by atoms with van der Waals surface area (Å²) in [4.78, 5) is 12.6. The largest absolute Gasteiger partial charge is 0.473 e. The minimum atomic E-state index is -0.940. The molecular weight excluding hydrogens is 423 g/mol. The molecule has 0 aliphatic heterocycles. The molecule has 1 atom stereocenters. The minimum absolute atomic E-state index is 0.252. The van der Waals surface area contributed by atoms with Crippen LogP contribution in [0.1, 0.15) is 38.4 Å². The van der Waals surface area contributed by atoms with Crippen LogP contribution in [0.3, 0.4) is 0 Å². The van der Waals surface area contributed by atoms with E-state index in [2.05, 4.69) is 12.0 Å². The van der Waals surface area contributed by atoms with Crippen LogP contribution >= 0.6 is 23.2 Å². The van der Waals surface area contributed by atoms with Crippen LogP contribution in [0, 0.1) is 0 Å². The number of nitrogens with zero attached hydrogens (tertiary/aromatic N) is 2. The fraction of sp³-hybridized carbons (Fsp3) is 0.304. The van der Waals surface area contributed by atoms with Crippen molar-refractivity contribution in [1.29, 1.82) is 0 Å². The average Bonchev–Trinajstić information content (AvgIpc) is 3.21. The quantitative estimate of drug-likeness (QED) is 0.359. The predicted octanol–water partition coefficient (Wildman–Crippen LogP) is 6.34. The molecule has 30 heavy (non-hydrogen) atoms. The number of carbonyl (C=O) groups excluding carboxylic acids is 1. The van der Waals surface area contributed by atoms with Gasteiger partial charge in [-0.25, -0.2) is 4.79 Å². The highest BCUT2D eigenvalue weighted by molar-refractivity contribution is 6.31. The van der Waals surface area contributed by atoms with Gasteiger partial charge in [-0.05, 0) is 49.7 Å². The van der Waals surface area contributed by atoms with Gasteiger partial charge in [0, 0.05) is 33.9 Å².